The lowest BCUT2D eigenvalue weighted by molar-refractivity contribution is -0.147. The Bertz CT molecular complexity index is 2040. The number of rotatable bonds is 8. The molecule has 5 aliphatic rings. The van der Waals surface area contributed by atoms with Crippen LogP contribution in [0.5, 0.6) is 0 Å². The molecular formula is C40H47FN8O3. The number of hydrogen-bond acceptors (Lipinski definition) is 8. The highest BCUT2D eigenvalue weighted by atomic mass is 19.1. The van der Waals surface area contributed by atoms with E-state index in [1.807, 2.05) is 15.5 Å². The predicted molar refractivity (Wildman–Crippen MR) is 197 cm³/mol. The van der Waals surface area contributed by atoms with Crippen molar-refractivity contribution in [3.8, 4) is 11.3 Å². The Morgan fingerprint density at radius 2 is 1.77 bits per heavy atom. The van der Waals surface area contributed by atoms with Crippen molar-refractivity contribution in [3.63, 3.8) is 0 Å². The number of aromatic nitrogens is 4. The van der Waals surface area contributed by atoms with Crippen LogP contribution in [0.2, 0.25) is 0 Å². The lowest BCUT2D eigenvalue weighted by atomic mass is 9.73. The molecule has 2 saturated carbocycles. The molecule has 0 atom stereocenters. The zero-order valence-electron chi connectivity index (χ0n) is 30.3. The van der Waals surface area contributed by atoms with Gasteiger partial charge in [0.15, 0.2) is 11.6 Å². The Balaban J connectivity index is 1.09. The first-order valence-corrected chi connectivity index (χ1v) is 19.0. The van der Waals surface area contributed by atoms with Crippen LogP contribution in [-0.2, 0) is 19.7 Å². The van der Waals surface area contributed by atoms with Crippen molar-refractivity contribution in [1.29, 1.82) is 0 Å². The second kappa shape index (κ2) is 12.6. The zero-order valence-corrected chi connectivity index (χ0v) is 30.3. The molecule has 1 spiro atoms. The van der Waals surface area contributed by atoms with Gasteiger partial charge < -0.3 is 29.3 Å². The van der Waals surface area contributed by atoms with E-state index >= 15 is 0 Å². The maximum Gasteiger partial charge on any atom is 0.254 e. The summed E-state index contributed by atoms with van der Waals surface area (Å²) in [5, 5.41) is 3.23. The van der Waals surface area contributed by atoms with Gasteiger partial charge in [-0.3, -0.25) is 14.6 Å². The number of carbonyl (C=O) groups excluding carboxylic acids is 2. The molecular weight excluding hydrogens is 659 g/mol. The maximum atomic E-state index is 14.9. The van der Waals surface area contributed by atoms with Gasteiger partial charge in [-0.25, -0.2) is 14.4 Å². The number of methoxy groups -OCH3 is 1. The topological polar surface area (TPSA) is 109 Å². The van der Waals surface area contributed by atoms with Crippen LogP contribution in [0.3, 0.4) is 0 Å². The van der Waals surface area contributed by atoms with E-state index in [1.54, 1.807) is 25.7 Å². The van der Waals surface area contributed by atoms with Gasteiger partial charge in [-0.1, -0.05) is 18.6 Å². The van der Waals surface area contributed by atoms with Gasteiger partial charge in [0.25, 0.3) is 5.91 Å². The van der Waals surface area contributed by atoms with E-state index in [9.17, 15) is 14.0 Å². The van der Waals surface area contributed by atoms with E-state index in [4.69, 9.17) is 14.7 Å². The molecule has 1 aromatic carbocycles. The van der Waals surface area contributed by atoms with E-state index < -0.39 is 16.8 Å². The van der Waals surface area contributed by atoms with Crippen LogP contribution in [0.25, 0.3) is 22.3 Å². The third-order valence-electron chi connectivity index (χ3n) is 12.6. The third kappa shape index (κ3) is 5.31. The molecule has 2 aliphatic carbocycles. The van der Waals surface area contributed by atoms with Crippen LogP contribution in [-0.4, -0.2) is 92.1 Å². The number of likely N-dealkylation sites (tertiary alicyclic amines) is 2. The summed E-state index contributed by atoms with van der Waals surface area (Å²) in [6.45, 7) is 7.50. The van der Waals surface area contributed by atoms with Crippen molar-refractivity contribution < 1.29 is 18.7 Å². The number of nitrogens with zero attached hydrogens (tertiary/aromatic N) is 7. The minimum absolute atomic E-state index is 0.0588. The molecule has 3 aliphatic heterocycles. The number of halogens is 1. The number of hydrogen-bond donors (Lipinski definition) is 1. The van der Waals surface area contributed by atoms with Crippen molar-refractivity contribution in [1.82, 2.24) is 29.3 Å². The van der Waals surface area contributed by atoms with Crippen molar-refractivity contribution in [3.05, 3.63) is 60.4 Å². The number of ether oxygens (including phenoxy) is 1. The third-order valence-corrected chi connectivity index (χ3v) is 12.6. The first kappa shape index (κ1) is 33.4. The molecule has 272 valence electrons. The maximum absolute atomic E-state index is 14.9. The summed E-state index contributed by atoms with van der Waals surface area (Å²) in [6.07, 6.45) is 12.9. The molecule has 11 nitrogen and oxygen atoms in total. The fourth-order valence-corrected chi connectivity index (χ4v) is 9.24. The highest BCUT2D eigenvalue weighted by Crippen LogP contribution is 2.53. The van der Waals surface area contributed by atoms with Crippen LogP contribution < -0.4 is 10.2 Å². The summed E-state index contributed by atoms with van der Waals surface area (Å²) in [5.74, 6) is 0.250. The van der Waals surface area contributed by atoms with Gasteiger partial charge in [0.1, 0.15) is 11.1 Å². The molecule has 0 radical (unpaired) electrons. The molecule has 6 heterocycles. The van der Waals surface area contributed by atoms with Crippen molar-refractivity contribution in [2.24, 2.45) is 0 Å². The van der Waals surface area contributed by atoms with E-state index in [1.165, 1.54) is 25.5 Å². The molecule has 12 heteroatoms. The Hall–Kier alpha value is -4.42. The minimum Gasteiger partial charge on any atom is -0.368 e. The first-order chi connectivity index (χ1) is 25.2. The van der Waals surface area contributed by atoms with Gasteiger partial charge in [-0.05, 0) is 102 Å². The van der Waals surface area contributed by atoms with Gasteiger partial charge in [-0.15, -0.1) is 0 Å². The Kier molecular flexibility index (Phi) is 8.11. The van der Waals surface area contributed by atoms with Gasteiger partial charge in [0, 0.05) is 55.8 Å². The predicted octanol–water partition coefficient (Wildman–Crippen LogP) is 6.36. The Morgan fingerprint density at radius 3 is 2.46 bits per heavy atom. The van der Waals surface area contributed by atoms with E-state index in [0.29, 0.717) is 43.5 Å². The lowest BCUT2D eigenvalue weighted by Gasteiger charge is -2.48. The number of benzene rings is 1. The molecule has 52 heavy (non-hydrogen) atoms. The Morgan fingerprint density at radius 1 is 1.00 bits per heavy atom. The van der Waals surface area contributed by atoms with Crippen LogP contribution in [0.4, 0.5) is 21.6 Å². The number of fused-ring (bicyclic) bond motifs is 3. The summed E-state index contributed by atoms with van der Waals surface area (Å²) in [6, 6.07) is 10.6. The zero-order chi connectivity index (χ0) is 35.8. The smallest absolute Gasteiger partial charge is 0.254 e. The normalized spacial score (nSPS) is 23.7. The highest BCUT2D eigenvalue weighted by Gasteiger charge is 2.58. The second-order valence-electron chi connectivity index (χ2n) is 15.8. The monoisotopic (exact) mass is 706 g/mol. The van der Waals surface area contributed by atoms with Crippen LogP contribution >= 0.6 is 0 Å². The van der Waals surface area contributed by atoms with E-state index in [-0.39, 0.29) is 29.6 Å². The number of amides is 2. The van der Waals surface area contributed by atoms with E-state index in [0.717, 1.165) is 66.6 Å². The summed E-state index contributed by atoms with van der Waals surface area (Å²) < 4.78 is 22.5. The number of piperidine rings is 2. The van der Waals surface area contributed by atoms with Gasteiger partial charge >= 0.3 is 0 Å². The van der Waals surface area contributed by atoms with Gasteiger partial charge in [-0.2, -0.15) is 0 Å². The van der Waals surface area contributed by atoms with Crippen molar-refractivity contribution in [2.45, 2.75) is 101 Å². The molecule has 9 rings (SSSR count). The fraction of sp³-hybridized carbons (Fsp3) is 0.525. The molecule has 2 amide bonds. The summed E-state index contributed by atoms with van der Waals surface area (Å²) in [4.78, 5) is 48.7. The van der Waals surface area contributed by atoms with Gasteiger partial charge in [0.2, 0.25) is 5.91 Å². The summed E-state index contributed by atoms with van der Waals surface area (Å²) >= 11 is 0. The summed E-state index contributed by atoms with van der Waals surface area (Å²) in [5.41, 5.74) is 4.00. The Labute approximate surface area is 303 Å². The number of anilines is 3. The number of carbonyl (C=O) groups is 2. The molecule has 1 N–H and O–H groups in total. The SMILES string of the molecule is COC1(C(=O)N2CCC3(CC2)C(=O)N(C2CC(N4CCCCC4)C2)c2cc(-c4cc5ncn(C(C)C)c5c(Nc5ccncc5F)n4)ccc23)CC1. The standard InChI is InChI=1S/C40H47FN8O3/c1-25(2)48-24-43-33-22-32(45-36(35(33)48)44-31-9-14-42-23-30(31)41)26-7-8-29-34(19-26)49(28-20-27(21-28)46-15-5-4-6-16-46)37(50)39(29)12-17-47(18-13-39)38(51)40(52-3)10-11-40/h7-9,14,19,22-25,27-28H,4-6,10-13,15-18,20-21H2,1-3H3,(H,42,44,45). The fourth-order valence-electron chi connectivity index (χ4n) is 9.24. The molecule has 2 saturated heterocycles. The largest absolute Gasteiger partial charge is 0.368 e. The molecule has 3 aromatic heterocycles. The molecule has 4 fully saturated rings. The molecule has 0 bridgehead atoms. The van der Waals surface area contributed by atoms with Crippen LogP contribution in [0.1, 0.15) is 83.2 Å². The minimum atomic E-state index is -0.677. The number of pyridine rings is 2. The first-order valence-electron chi connectivity index (χ1n) is 19.0. The van der Waals surface area contributed by atoms with Crippen LogP contribution in [0.15, 0.2) is 49.1 Å². The lowest BCUT2D eigenvalue weighted by Crippen LogP contribution is -2.58. The van der Waals surface area contributed by atoms with Crippen molar-refractivity contribution in [2.75, 3.05) is 43.5 Å². The molecule has 4 aromatic rings. The van der Waals surface area contributed by atoms with Crippen LogP contribution in [0, 0.1) is 5.82 Å². The molecule has 0 unspecified atom stereocenters. The highest BCUT2D eigenvalue weighted by molar-refractivity contribution is 6.09. The average molecular weight is 707 g/mol. The number of nitrogens with one attached hydrogen (secondary N) is 1. The number of imidazole rings is 1. The quantitative estimate of drug-likeness (QED) is 0.226. The van der Waals surface area contributed by atoms with Gasteiger partial charge in [0.05, 0.1) is 34.8 Å². The van der Waals surface area contributed by atoms with E-state index in [2.05, 4.69) is 52.1 Å². The average Bonchev–Trinajstić information content (AvgIpc) is 3.77. The van der Waals surface area contributed by atoms with Crippen molar-refractivity contribution >= 4 is 40.0 Å². The second-order valence-corrected chi connectivity index (χ2v) is 15.8. The summed E-state index contributed by atoms with van der Waals surface area (Å²) in [7, 11) is 1.62.